The lowest BCUT2D eigenvalue weighted by Gasteiger charge is -2.29. The molecule has 1 fully saturated rings. The number of ether oxygens (including phenoxy) is 1. The monoisotopic (exact) mass is 369 g/mol. The second-order valence-corrected chi connectivity index (χ2v) is 6.93. The van der Waals surface area contributed by atoms with Gasteiger partial charge in [-0.25, -0.2) is 4.98 Å². The van der Waals surface area contributed by atoms with Gasteiger partial charge in [0.25, 0.3) is 5.69 Å². The highest BCUT2D eigenvalue weighted by Gasteiger charge is 2.24. The number of carbonyl (C=O) groups is 1. The zero-order valence-corrected chi connectivity index (χ0v) is 15.3. The van der Waals surface area contributed by atoms with Gasteiger partial charge in [-0.05, 0) is 43.7 Å². The molecule has 1 heterocycles. The number of nitro benzene ring substituents is 1. The molecule has 1 aliphatic carbocycles. The topological polar surface area (TPSA) is 94.4 Å². The first-order valence-electron chi connectivity index (χ1n) is 9.11. The zero-order chi connectivity index (χ0) is 19.2. The van der Waals surface area contributed by atoms with Gasteiger partial charge in [0.15, 0.2) is 0 Å². The van der Waals surface area contributed by atoms with Crippen molar-refractivity contribution in [1.82, 2.24) is 10.3 Å². The van der Waals surface area contributed by atoms with Crippen LogP contribution < -0.4 is 10.1 Å². The Morgan fingerprint density at radius 3 is 2.48 bits per heavy atom. The summed E-state index contributed by atoms with van der Waals surface area (Å²) >= 11 is 0. The Kier molecular flexibility index (Phi) is 6.01. The minimum absolute atomic E-state index is 0.0283. The fourth-order valence-corrected chi connectivity index (χ4v) is 3.22. The lowest BCUT2D eigenvalue weighted by atomic mass is 9.92. The fraction of sp³-hybridized carbons (Fsp3) is 0.400. The molecule has 0 aliphatic heterocycles. The number of non-ortho nitro benzene ring substituents is 1. The van der Waals surface area contributed by atoms with E-state index in [0.29, 0.717) is 5.88 Å². The van der Waals surface area contributed by atoms with E-state index in [1.165, 1.54) is 12.1 Å². The van der Waals surface area contributed by atoms with E-state index in [2.05, 4.69) is 10.3 Å². The maximum atomic E-state index is 12.2. The summed E-state index contributed by atoms with van der Waals surface area (Å²) in [6.45, 7) is 1.99. The molecule has 0 radical (unpaired) electrons. The minimum Gasteiger partial charge on any atom is -0.474 e. The van der Waals surface area contributed by atoms with Gasteiger partial charge in [-0.2, -0.15) is 0 Å². The highest BCUT2D eigenvalue weighted by atomic mass is 16.6. The van der Waals surface area contributed by atoms with Gasteiger partial charge < -0.3 is 10.1 Å². The van der Waals surface area contributed by atoms with Gasteiger partial charge in [0.2, 0.25) is 11.8 Å². The van der Waals surface area contributed by atoms with E-state index in [1.807, 2.05) is 19.1 Å². The molecule has 1 amide bonds. The maximum Gasteiger partial charge on any atom is 0.269 e. The standard InChI is InChI=1S/C20H23N3O4/c1-14-2-11-20(21-13-14)27-18-9-5-16(6-10-18)22-19(24)12-15-3-7-17(8-4-15)23(25)26/h2-4,7-8,11,13,16,18H,5-6,9-10,12H2,1H3,(H,22,24). The van der Waals surface area contributed by atoms with Crippen molar-refractivity contribution in [3.63, 3.8) is 0 Å². The number of rotatable bonds is 6. The summed E-state index contributed by atoms with van der Waals surface area (Å²) in [7, 11) is 0. The van der Waals surface area contributed by atoms with Gasteiger partial charge in [0, 0.05) is 30.4 Å². The Hall–Kier alpha value is -2.96. The molecule has 0 atom stereocenters. The molecule has 1 aliphatic rings. The van der Waals surface area contributed by atoms with Gasteiger partial charge in [-0.3, -0.25) is 14.9 Å². The molecule has 1 aromatic carbocycles. The molecule has 0 bridgehead atoms. The van der Waals surface area contributed by atoms with Crippen molar-refractivity contribution >= 4 is 11.6 Å². The number of aryl methyl sites for hydroxylation is 1. The van der Waals surface area contributed by atoms with Crippen LogP contribution in [0.15, 0.2) is 42.6 Å². The molecule has 1 aromatic heterocycles. The third kappa shape index (κ3) is 5.51. The predicted molar refractivity (Wildman–Crippen MR) is 101 cm³/mol. The Morgan fingerprint density at radius 2 is 1.89 bits per heavy atom. The lowest BCUT2D eigenvalue weighted by Crippen LogP contribution is -2.40. The van der Waals surface area contributed by atoms with Crippen LogP contribution in [0.5, 0.6) is 5.88 Å². The molecule has 7 heteroatoms. The lowest BCUT2D eigenvalue weighted by molar-refractivity contribution is -0.384. The SMILES string of the molecule is Cc1ccc(OC2CCC(NC(=O)Cc3ccc([N+](=O)[O-])cc3)CC2)nc1. The first kappa shape index (κ1) is 18.8. The quantitative estimate of drug-likeness (QED) is 0.622. The van der Waals surface area contributed by atoms with Crippen LogP contribution in [0.4, 0.5) is 5.69 Å². The molecular formula is C20H23N3O4. The molecule has 0 saturated heterocycles. The van der Waals surface area contributed by atoms with Crippen molar-refractivity contribution in [1.29, 1.82) is 0 Å². The highest BCUT2D eigenvalue weighted by Crippen LogP contribution is 2.23. The molecule has 0 spiro atoms. The van der Waals surface area contributed by atoms with E-state index in [1.54, 1.807) is 18.3 Å². The Labute approximate surface area is 157 Å². The van der Waals surface area contributed by atoms with Crippen LogP contribution in [-0.2, 0) is 11.2 Å². The van der Waals surface area contributed by atoms with Crippen molar-refractivity contribution < 1.29 is 14.5 Å². The smallest absolute Gasteiger partial charge is 0.269 e. The van der Waals surface area contributed by atoms with E-state index in [-0.39, 0.29) is 30.2 Å². The summed E-state index contributed by atoms with van der Waals surface area (Å²) in [5.74, 6) is 0.583. The summed E-state index contributed by atoms with van der Waals surface area (Å²) < 4.78 is 5.91. The third-order valence-corrected chi connectivity index (χ3v) is 4.72. The summed E-state index contributed by atoms with van der Waals surface area (Å²) in [6.07, 6.45) is 5.62. The van der Waals surface area contributed by atoms with Gasteiger partial charge in [0.1, 0.15) is 6.10 Å². The summed E-state index contributed by atoms with van der Waals surface area (Å²) in [4.78, 5) is 26.7. The Balaban J connectivity index is 1.42. The average Bonchev–Trinajstić information content (AvgIpc) is 2.65. The number of hydrogen-bond acceptors (Lipinski definition) is 5. The van der Waals surface area contributed by atoms with Crippen molar-refractivity contribution in [2.24, 2.45) is 0 Å². The van der Waals surface area contributed by atoms with E-state index in [4.69, 9.17) is 4.74 Å². The van der Waals surface area contributed by atoms with E-state index < -0.39 is 4.92 Å². The molecule has 2 aromatic rings. The van der Waals surface area contributed by atoms with E-state index >= 15 is 0 Å². The zero-order valence-electron chi connectivity index (χ0n) is 15.3. The van der Waals surface area contributed by atoms with Crippen molar-refractivity contribution in [3.05, 3.63) is 63.8 Å². The second kappa shape index (κ2) is 8.62. The van der Waals surface area contributed by atoms with Gasteiger partial charge >= 0.3 is 0 Å². The highest BCUT2D eigenvalue weighted by molar-refractivity contribution is 5.78. The molecule has 1 saturated carbocycles. The van der Waals surface area contributed by atoms with E-state index in [0.717, 1.165) is 36.8 Å². The normalized spacial score (nSPS) is 19.3. The maximum absolute atomic E-state index is 12.2. The van der Waals surface area contributed by atoms with Crippen LogP contribution in [0, 0.1) is 17.0 Å². The first-order valence-corrected chi connectivity index (χ1v) is 9.11. The number of amides is 1. The van der Waals surface area contributed by atoms with Crippen LogP contribution in [0.3, 0.4) is 0 Å². The summed E-state index contributed by atoms with van der Waals surface area (Å²) in [6, 6.07) is 10.1. The van der Waals surface area contributed by atoms with Gasteiger partial charge in [0.05, 0.1) is 11.3 Å². The summed E-state index contributed by atoms with van der Waals surface area (Å²) in [5, 5.41) is 13.7. The van der Waals surface area contributed by atoms with Crippen molar-refractivity contribution in [2.45, 2.75) is 51.2 Å². The van der Waals surface area contributed by atoms with Gasteiger partial charge in [-0.15, -0.1) is 0 Å². The second-order valence-electron chi connectivity index (χ2n) is 6.93. The summed E-state index contributed by atoms with van der Waals surface area (Å²) in [5.41, 5.74) is 1.89. The minimum atomic E-state index is -0.448. The number of nitrogens with zero attached hydrogens (tertiary/aromatic N) is 2. The molecule has 1 N–H and O–H groups in total. The number of pyridine rings is 1. The number of nitrogens with one attached hydrogen (secondary N) is 1. The Morgan fingerprint density at radius 1 is 1.19 bits per heavy atom. The van der Waals surface area contributed by atoms with Crippen LogP contribution >= 0.6 is 0 Å². The predicted octanol–water partition coefficient (Wildman–Crippen LogP) is 3.35. The van der Waals surface area contributed by atoms with Gasteiger partial charge in [-0.1, -0.05) is 18.2 Å². The first-order chi connectivity index (χ1) is 13.0. The number of carbonyl (C=O) groups excluding carboxylic acids is 1. The number of benzene rings is 1. The van der Waals surface area contributed by atoms with Crippen LogP contribution in [0.1, 0.15) is 36.8 Å². The van der Waals surface area contributed by atoms with E-state index in [9.17, 15) is 14.9 Å². The van der Waals surface area contributed by atoms with Crippen LogP contribution in [0.25, 0.3) is 0 Å². The fourth-order valence-electron chi connectivity index (χ4n) is 3.22. The number of hydrogen-bond donors (Lipinski definition) is 1. The molecular weight excluding hydrogens is 346 g/mol. The van der Waals surface area contributed by atoms with Crippen LogP contribution in [-0.4, -0.2) is 28.0 Å². The van der Waals surface area contributed by atoms with Crippen molar-refractivity contribution in [2.75, 3.05) is 0 Å². The molecule has 0 unspecified atom stereocenters. The van der Waals surface area contributed by atoms with Crippen molar-refractivity contribution in [3.8, 4) is 5.88 Å². The third-order valence-electron chi connectivity index (χ3n) is 4.72. The largest absolute Gasteiger partial charge is 0.474 e. The molecule has 27 heavy (non-hydrogen) atoms. The van der Waals surface area contributed by atoms with Crippen LogP contribution in [0.2, 0.25) is 0 Å². The number of nitro groups is 1. The Bertz CT molecular complexity index is 782. The number of aromatic nitrogens is 1. The molecule has 142 valence electrons. The molecule has 3 rings (SSSR count). The molecule has 7 nitrogen and oxygen atoms in total. The average molecular weight is 369 g/mol.